The number of anilines is 1. The number of nitrogens with zero attached hydrogens (tertiary/aromatic N) is 3. The molecule has 2 aromatic carbocycles. The van der Waals surface area contributed by atoms with E-state index in [1.165, 1.54) is 5.56 Å². The lowest BCUT2D eigenvalue weighted by atomic mass is 9.90. The van der Waals surface area contributed by atoms with E-state index in [4.69, 9.17) is 16.3 Å². The molecule has 0 bridgehead atoms. The van der Waals surface area contributed by atoms with Crippen LogP contribution in [0.15, 0.2) is 48.5 Å². The van der Waals surface area contributed by atoms with E-state index >= 15 is 0 Å². The molecule has 2 aromatic rings. The highest BCUT2D eigenvalue weighted by atomic mass is 35.5. The van der Waals surface area contributed by atoms with Crippen LogP contribution < -0.4 is 10.2 Å². The van der Waals surface area contributed by atoms with Crippen LogP contribution in [0.25, 0.3) is 0 Å². The molecule has 0 spiro atoms. The first-order valence-electron chi connectivity index (χ1n) is 12.2. The van der Waals surface area contributed by atoms with Crippen molar-refractivity contribution in [3.63, 3.8) is 0 Å². The van der Waals surface area contributed by atoms with E-state index in [9.17, 15) is 9.59 Å². The van der Waals surface area contributed by atoms with Crippen LogP contribution in [-0.2, 0) is 16.1 Å². The quantitative estimate of drug-likeness (QED) is 0.672. The molecule has 2 aliphatic heterocycles. The summed E-state index contributed by atoms with van der Waals surface area (Å²) < 4.78 is 5.60. The first-order valence-corrected chi connectivity index (χ1v) is 12.6. The number of amides is 2. The third-order valence-electron chi connectivity index (χ3n) is 6.42. The standard InChI is InChI=1S/C27H35ClN4O3/c1-27(2,3)35-26(34)32-18-20-7-4-5-10-24(20)21(19-32)16-29-17-25(33)31-13-11-30(12-14-31)23-9-6-8-22(28)15-23/h4-10,15,21,29H,11-14,16-19H2,1-3H3. The molecule has 8 heteroatoms. The topological polar surface area (TPSA) is 65.1 Å². The first kappa shape index (κ1) is 25.3. The summed E-state index contributed by atoms with van der Waals surface area (Å²) in [4.78, 5) is 31.5. The minimum Gasteiger partial charge on any atom is -0.444 e. The summed E-state index contributed by atoms with van der Waals surface area (Å²) in [7, 11) is 0. The molecule has 7 nitrogen and oxygen atoms in total. The zero-order chi connectivity index (χ0) is 25.0. The Balaban J connectivity index is 1.29. The number of hydrogen-bond donors (Lipinski definition) is 1. The van der Waals surface area contributed by atoms with Crippen molar-refractivity contribution in [1.29, 1.82) is 0 Å². The third-order valence-corrected chi connectivity index (χ3v) is 6.66. The van der Waals surface area contributed by atoms with Crippen molar-refractivity contribution in [2.45, 2.75) is 38.8 Å². The molecule has 0 aliphatic carbocycles. The van der Waals surface area contributed by atoms with Gasteiger partial charge in [0.15, 0.2) is 0 Å². The first-order chi connectivity index (χ1) is 16.7. The van der Waals surface area contributed by atoms with Crippen molar-refractivity contribution in [3.8, 4) is 0 Å². The Morgan fingerprint density at radius 1 is 1.03 bits per heavy atom. The van der Waals surface area contributed by atoms with Gasteiger partial charge in [0.05, 0.1) is 6.54 Å². The van der Waals surface area contributed by atoms with Gasteiger partial charge in [0, 0.05) is 62.4 Å². The number of hydrogen-bond acceptors (Lipinski definition) is 5. The zero-order valence-corrected chi connectivity index (χ0v) is 21.6. The molecule has 0 aromatic heterocycles. The summed E-state index contributed by atoms with van der Waals surface area (Å²) in [5.41, 5.74) is 2.90. The van der Waals surface area contributed by atoms with Gasteiger partial charge in [-0.1, -0.05) is 41.9 Å². The molecule has 1 N–H and O–H groups in total. The molecule has 2 heterocycles. The molecular formula is C27H35ClN4O3. The van der Waals surface area contributed by atoms with Gasteiger partial charge in [-0.25, -0.2) is 4.79 Å². The van der Waals surface area contributed by atoms with Crippen LogP contribution in [0.1, 0.15) is 37.8 Å². The number of fused-ring (bicyclic) bond motifs is 1. The molecule has 0 saturated carbocycles. The molecule has 35 heavy (non-hydrogen) atoms. The number of carbonyl (C=O) groups is 2. The number of halogens is 1. The van der Waals surface area contributed by atoms with E-state index in [2.05, 4.69) is 22.3 Å². The number of carbonyl (C=O) groups excluding carboxylic acids is 2. The molecule has 1 fully saturated rings. The maximum absolute atomic E-state index is 12.9. The Morgan fingerprint density at radius 2 is 1.77 bits per heavy atom. The fourth-order valence-electron chi connectivity index (χ4n) is 4.70. The van der Waals surface area contributed by atoms with Gasteiger partial charge in [-0.3, -0.25) is 4.79 Å². The molecule has 2 amide bonds. The van der Waals surface area contributed by atoms with Crippen LogP contribution in [0.5, 0.6) is 0 Å². The summed E-state index contributed by atoms with van der Waals surface area (Å²) in [6.07, 6.45) is -0.300. The summed E-state index contributed by atoms with van der Waals surface area (Å²) in [6, 6.07) is 16.0. The highest BCUT2D eigenvalue weighted by Gasteiger charge is 2.31. The molecule has 4 rings (SSSR count). The van der Waals surface area contributed by atoms with Crippen molar-refractivity contribution in [2.75, 3.05) is 50.7 Å². The Labute approximate surface area is 213 Å². The van der Waals surface area contributed by atoms with Gasteiger partial charge in [0.1, 0.15) is 5.60 Å². The fourth-order valence-corrected chi connectivity index (χ4v) is 4.89. The molecule has 2 aliphatic rings. The molecule has 1 saturated heterocycles. The zero-order valence-electron chi connectivity index (χ0n) is 20.8. The van der Waals surface area contributed by atoms with Crippen LogP contribution in [0, 0.1) is 0 Å². The summed E-state index contributed by atoms with van der Waals surface area (Å²) >= 11 is 6.12. The van der Waals surface area contributed by atoms with Gasteiger partial charge >= 0.3 is 6.09 Å². The van der Waals surface area contributed by atoms with Crippen molar-refractivity contribution in [2.24, 2.45) is 0 Å². The number of rotatable bonds is 5. The summed E-state index contributed by atoms with van der Waals surface area (Å²) in [6.45, 7) is 10.6. The Hall–Kier alpha value is -2.77. The van der Waals surface area contributed by atoms with Crippen molar-refractivity contribution in [3.05, 3.63) is 64.7 Å². The third kappa shape index (κ3) is 6.67. The SMILES string of the molecule is CC(C)(C)OC(=O)N1Cc2ccccc2C(CNCC(=O)N2CCN(c3cccc(Cl)c3)CC2)C1. The second-order valence-corrected chi connectivity index (χ2v) is 10.7. The summed E-state index contributed by atoms with van der Waals surface area (Å²) in [5, 5.41) is 4.07. The molecule has 1 atom stereocenters. The highest BCUT2D eigenvalue weighted by molar-refractivity contribution is 6.30. The van der Waals surface area contributed by atoms with E-state index in [-0.39, 0.29) is 24.5 Å². The smallest absolute Gasteiger partial charge is 0.410 e. The maximum Gasteiger partial charge on any atom is 0.410 e. The molecular weight excluding hydrogens is 464 g/mol. The summed E-state index contributed by atoms with van der Waals surface area (Å²) in [5.74, 6) is 0.198. The molecule has 188 valence electrons. The Kier molecular flexibility index (Phi) is 7.87. The van der Waals surface area contributed by atoms with E-state index < -0.39 is 5.60 Å². The average Bonchev–Trinajstić information content (AvgIpc) is 2.83. The number of nitrogens with one attached hydrogen (secondary N) is 1. The predicted octanol–water partition coefficient (Wildman–Crippen LogP) is 4.11. The average molecular weight is 499 g/mol. The predicted molar refractivity (Wildman–Crippen MR) is 139 cm³/mol. The normalized spacial score (nSPS) is 18.3. The number of benzene rings is 2. The lowest BCUT2D eigenvalue weighted by Crippen LogP contribution is -2.51. The monoisotopic (exact) mass is 498 g/mol. The maximum atomic E-state index is 12.9. The van der Waals surface area contributed by atoms with Gasteiger partial charge in [-0.15, -0.1) is 0 Å². The molecule has 0 radical (unpaired) electrons. The highest BCUT2D eigenvalue weighted by Crippen LogP contribution is 2.29. The Bertz CT molecular complexity index is 1050. The number of piperazine rings is 1. The minimum absolute atomic E-state index is 0.0972. The lowest BCUT2D eigenvalue weighted by Gasteiger charge is -2.37. The van der Waals surface area contributed by atoms with Crippen LogP contribution in [0.4, 0.5) is 10.5 Å². The van der Waals surface area contributed by atoms with E-state index in [1.54, 1.807) is 4.90 Å². The van der Waals surface area contributed by atoms with Crippen molar-refractivity contribution >= 4 is 29.3 Å². The second-order valence-electron chi connectivity index (χ2n) is 10.2. The van der Waals surface area contributed by atoms with Crippen LogP contribution in [0.2, 0.25) is 5.02 Å². The second kappa shape index (κ2) is 10.9. The van der Waals surface area contributed by atoms with E-state index in [0.717, 1.165) is 29.4 Å². The van der Waals surface area contributed by atoms with Crippen molar-refractivity contribution in [1.82, 2.24) is 15.1 Å². The van der Waals surface area contributed by atoms with Gasteiger partial charge in [0.25, 0.3) is 0 Å². The largest absolute Gasteiger partial charge is 0.444 e. The molecule has 1 unspecified atom stereocenters. The van der Waals surface area contributed by atoms with Gasteiger partial charge in [-0.2, -0.15) is 0 Å². The fraction of sp³-hybridized carbons (Fsp3) is 0.481. The van der Waals surface area contributed by atoms with Gasteiger partial charge in [0.2, 0.25) is 5.91 Å². The van der Waals surface area contributed by atoms with E-state index in [0.29, 0.717) is 32.7 Å². The van der Waals surface area contributed by atoms with Gasteiger partial charge < -0.3 is 24.8 Å². The van der Waals surface area contributed by atoms with Crippen LogP contribution in [0.3, 0.4) is 0 Å². The van der Waals surface area contributed by atoms with E-state index in [1.807, 2.05) is 62.1 Å². The van der Waals surface area contributed by atoms with Gasteiger partial charge in [-0.05, 0) is 50.1 Å². The van der Waals surface area contributed by atoms with Crippen LogP contribution in [-0.4, -0.2) is 73.2 Å². The Morgan fingerprint density at radius 3 is 2.49 bits per heavy atom. The lowest BCUT2D eigenvalue weighted by molar-refractivity contribution is -0.130. The van der Waals surface area contributed by atoms with Crippen molar-refractivity contribution < 1.29 is 14.3 Å². The van der Waals surface area contributed by atoms with Crippen LogP contribution >= 0.6 is 11.6 Å². The number of ether oxygens (including phenoxy) is 1. The minimum atomic E-state index is -0.537.